The lowest BCUT2D eigenvalue weighted by atomic mass is 10.2. The van der Waals surface area contributed by atoms with Crippen LogP contribution in [0.15, 0.2) is 83.1 Å². The van der Waals surface area contributed by atoms with Crippen LogP contribution >= 0.6 is 0 Å². The second-order valence-electron chi connectivity index (χ2n) is 6.33. The Hall–Kier alpha value is -3.37. The molecule has 0 fully saturated rings. The highest BCUT2D eigenvalue weighted by Crippen LogP contribution is 2.30. The number of benzene rings is 3. The third-order valence-corrected chi connectivity index (χ3v) is 6.46. The van der Waals surface area contributed by atoms with Gasteiger partial charge in [0, 0.05) is 0 Å². The topological polar surface area (TPSA) is 102 Å². The van der Waals surface area contributed by atoms with Crippen LogP contribution in [0.25, 0.3) is 6.08 Å². The number of ether oxygens (including phenoxy) is 1. The quantitative estimate of drug-likeness (QED) is 0.526. The smallest absolute Gasteiger partial charge is 0.262 e. The third-order valence-electron chi connectivity index (χ3n) is 4.07. The maximum atomic E-state index is 13.1. The van der Waals surface area contributed by atoms with Gasteiger partial charge in [-0.1, -0.05) is 30.3 Å². The Morgan fingerprint density at radius 2 is 1.55 bits per heavy atom. The largest absolute Gasteiger partial charge is 0.495 e. The molecule has 0 bridgehead atoms. The van der Waals surface area contributed by atoms with E-state index in [4.69, 9.17) is 4.74 Å². The summed E-state index contributed by atoms with van der Waals surface area (Å²) in [6.07, 6.45) is 1.43. The second kappa shape index (κ2) is 9.19. The summed E-state index contributed by atoms with van der Waals surface area (Å²) in [4.78, 5) is -0.160. The van der Waals surface area contributed by atoms with Crippen molar-refractivity contribution in [2.24, 2.45) is 0 Å². The molecule has 2 N–H and O–H groups in total. The SMILES string of the molecule is COc1ccc(NS(=O)(=O)/C=C/c2ccccc2)cc1NS(=O)(=O)c1ccc(F)cc1. The molecule has 0 saturated heterocycles. The van der Waals surface area contributed by atoms with E-state index in [2.05, 4.69) is 9.44 Å². The highest BCUT2D eigenvalue weighted by molar-refractivity contribution is 7.95. The molecule has 0 aromatic heterocycles. The molecule has 3 aromatic rings. The molecular weight excluding hydrogens is 443 g/mol. The molecule has 0 spiro atoms. The van der Waals surface area contributed by atoms with Gasteiger partial charge < -0.3 is 4.74 Å². The van der Waals surface area contributed by atoms with Crippen molar-refractivity contribution in [2.45, 2.75) is 4.90 Å². The summed E-state index contributed by atoms with van der Waals surface area (Å²) < 4.78 is 72.9. The van der Waals surface area contributed by atoms with Crippen LogP contribution < -0.4 is 14.2 Å². The third kappa shape index (κ3) is 6.06. The van der Waals surface area contributed by atoms with E-state index in [1.54, 1.807) is 24.3 Å². The first-order chi connectivity index (χ1) is 14.7. The molecule has 7 nitrogen and oxygen atoms in total. The number of methoxy groups -OCH3 is 1. The normalized spacial score (nSPS) is 11.9. The van der Waals surface area contributed by atoms with E-state index in [0.717, 1.165) is 29.7 Å². The van der Waals surface area contributed by atoms with Gasteiger partial charge in [-0.25, -0.2) is 21.2 Å². The number of nitrogens with one attached hydrogen (secondary N) is 2. The van der Waals surface area contributed by atoms with Gasteiger partial charge in [-0.2, -0.15) is 0 Å². The van der Waals surface area contributed by atoms with E-state index in [1.165, 1.54) is 31.4 Å². The molecule has 0 amide bonds. The first-order valence-electron chi connectivity index (χ1n) is 8.91. The van der Waals surface area contributed by atoms with Gasteiger partial charge in [-0.3, -0.25) is 9.44 Å². The minimum atomic E-state index is -4.06. The van der Waals surface area contributed by atoms with Crippen LogP contribution in [0, 0.1) is 5.82 Å². The average Bonchev–Trinajstić information content (AvgIpc) is 2.73. The monoisotopic (exact) mass is 462 g/mol. The average molecular weight is 463 g/mol. The van der Waals surface area contributed by atoms with Crippen molar-refractivity contribution >= 4 is 37.5 Å². The lowest BCUT2D eigenvalue weighted by Crippen LogP contribution is -2.14. The Bertz CT molecular complexity index is 1290. The first-order valence-corrected chi connectivity index (χ1v) is 11.9. The summed E-state index contributed by atoms with van der Waals surface area (Å²) in [5.41, 5.74) is 0.838. The number of halogens is 1. The highest BCUT2D eigenvalue weighted by Gasteiger charge is 2.18. The molecule has 31 heavy (non-hydrogen) atoms. The van der Waals surface area contributed by atoms with Gasteiger partial charge in [-0.15, -0.1) is 0 Å². The minimum Gasteiger partial charge on any atom is -0.495 e. The summed E-state index contributed by atoms with van der Waals surface area (Å²) in [5, 5.41) is 1.01. The number of anilines is 2. The van der Waals surface area contributed by atoms with Crippen LogP contribution in [0.5, 0.6) is 5.75 Å². The molecule has 0 saturated carbocycles. The molecule has 0 radical (unpaired) electrons. The Kier molecular flexibility index (Phi) is 6.62. The van der Waals surface area contributed by atoms with Crippen LogP contribution in [0.2, 0.25) is 0 Å². The second-order valence-corrected chi connectivity index (χ2v) is 9.58. The van der Waals surface area contributed by atoms with Gasteiger partial charge in [0.15, 0.2) is 0 Å². The number of rotatable bonds is 8. The van der Waals surface area contributed by atoms with Crippen molar-refractivity contribution in [3.05, 3.63) is 89.6 Å². The molecule has 0 aliphatic heterocycles. The number of sulfonamides is 2. The zero-order chi connectivity index (χ0) is 22.5. The summed E-state index contributed by atoms with van der Waals surface area (Å²) in [5.74, 6) is -0.398. The predicted octanol–water partition coefficient (Wildman–Crippen LogP) is 4.05. The van der Waals surface area contributed by atoms with Crippen molar-refractivity contribution in [3.63, 3.8) is 0 Å². The predicted molar refractivity (Wildman–Crippen MR) is 118 cm³/mol. The van der Waals surface area contributed by atoms with Crippen LogP contribution in [-0.4, -0.2) is 23.9 Å². The molecule has 0 heterocycles. The van der Waals surface area contributed by atoms with E-state index in [-0.39, 0.29) is 22.0 Å². The number of hydrogen-bond acceptors (Lipinski definition) is 5. The Labute approximate surface area is 180 Å². The lowest BCUT2D eigenvalue weighted by Gasteiger charge is -2.14. The summed E-state index contributed by atoms with van der Waals surface area (Å²) in [7, 11) is -6.57. The summed E-state index contributed by atoms with van der Waals surface area (Å²) >= 11 is 0. The minimum absolute atomic E-state index is 0.0130. The van der Waals surface area contributed by atoms with E-state index < -0.39 is 25.9 Å². The van der Waals surface area contributed by atoms with Gasteiger partial charge in [0.1, 0.15) is 11.6 Å². The summed E-state index contributed by atoms with van der Waals surface area (Å²) in [6, 6.07) is 17.3. The van der Waals surface area contributed by atoms with Crippen LogP contribution in [0.1, 0.15) is 5.56 Å². The Morgan fingerprint density at radius 1 is 0.871 bits per heavy atom. The molecule has 3 rings (SSSR count). The van der Waals surface area contributed by atoms with Crippen LogP contribution in [-0.2, 0) is 20.0 Å². The number of hydrogen-bond donors (Lipinski definition) is 2. The fraction of sp³-hybridized carbons (Fsp3) is 0.0476. The van der Waals surface area contributed by atoms with Gasteiger partial charge in [0.25, 0.3) is 20.0 Å². The molecule has 0 aliphatic rings. The molecular formula is C21H19FN2O5S2. The fourth-order valence-corrected chi connectivity index (χ4v) is 4.52. The fourth-order valence-electron chi connectivity index (χ4n) is 2.60. The Morgan fingerprint density at radius 3 is 2.19 bits per heavy atom. The van der Waals surface area contributed by atoms with Crippen LogP contribution in [0.3, 0.4) is 0 Å². The van der Waals surface area contributed by atoms with Crippen LogP contribution in [0.4, 0.5) is 15.8 Å². The highest BCUT2D eigenvalue weighted by atomic mass is 32.2. The first kappa shape index (κ1) is 22.3. The van der Waals surface area contributed by atoms with Gasteiger partial charge in [0.05, 0.1) is 28.8 Å². The van der Waals surface area contributed by atoms with E-state index >= 15 is 0 Å². The van der Waals surface area contributed by atoms with Gasteiger partial charge in [0.2, 0.25) is 0 Å². The van der Waals surface area contributed by atoms with Crippen molar-refractivity contribution in [1.29, 1.82) is 0 Å². The molecule has 10 heteroatoms. The van der Waals surface area contributed by atoms with E-state index in [9.17, 15) is 21.2 Å². The zero-order valence-corrected chi connectivity index (χ0v) is 18.0. The Balaban J connectivity index is 1.85. The van der Waals surface area contributed by atoms with Crippen molar-refractivity contribution in [2.75, 3.05) is 16.6 Å². The van der Waals surface area contributed by atoms with Gasteiger partial charge in [-0.05, 0) is 54.1 Å². The van der Waals surface area contributed by atoms with Gasteiger partial charge >= 0.3 is 0 Å². The van der Waals surface area contributed by atoms with E-state index in [1.807, 2.05) is 6.07 Å². The zero-order valence-electron chi connectivity index (χ0n) is 16.3. The molecule has 0 aliphatic carbocycles. The molecule has 0 unspecified atom stereocenters. The van der Waals surface area contributed by atoms with Crippen molar-refractivity contribution < 1.29 is 26.0 Å². The maximum absolute atomic E-state index is 13.1. The maximum Gasteiger partial charge on any atom is 0.262 e. The van der Waals surface area contributed by atoms with Crippen molar-refractivity contribution in [3.8, 4) is 5.75 Å². The molecule has 0 atom stereocenters. The standard InChI is InChI=1S/C21H19FN2O5S2/c1-29-21-12-9-18(23-30(25,26)14-13-16-5-3-2-4-6-16)15-20(21)24-31(27,28)19-10-7-17(22)8-11-19/h2-15,23-24H,1H3/b14-13+. The molecule has 162 valence electrons. The van der Waals surface area contributed by atoms with Crippen molar-refractivity contribution in [1.82, 2.24) is 0 Å². The lowest BCUT2D eigenvalue weighted by molar-refractivity contribution is 0.417. The summed E-state index contributed by atoms with van der Waals surface area (Å²) in [6.45, 7) is 0. The van der Waals surface area contributed by atoms with E-state index in [0.29, 0.717) is 5.56 Å². The molecule has 3 aromatic carbocycles.